The minimum absolute atomic E-state index is 0.292. The molecular formula is C25H38N2O3. The van der Waals surface area contributed by atoms with Gasteiger partial charge in [0.1, 0.15) is 18.0 Å². The van der Waals surface area contributed by atoms with Crippen LogP contribution >= 0.6 is 0 Å². The molecule has 5 nitrogen and oxygen atoms in total. The molecular weight excluding hydrogens is 376 g/mol. The fourth-order valence-electron chi connectivity index (χ4n) is 2.12. The van der Waals surface area contributed by atoms with Crippen molar-refractivity contribution in [2.75, 3.05) is 13.6 Å². The minimum atomic E-state index is -0.470. The third-order valence-electron chi connectivity index (χ3n) is 4.00. The molecule has 0 radical (unpaired) electrons. The number of carbonyl (C=O) groups is 1. The van der Waals surface area contributed by atoms with Crippen molar-refractivity contribution < 1.29 is 14.3 Å². The molecule has 30 heavy (non-hydrogen) atoms. The number of hydrogen-bond donors (Lipinski definition) is 2. The maximum Gasteiger partial charge on any atom is 0.407 e. The number of rotatable bonds is 6. The van der Waals surface area contributed by atoms with Crippen LogP contribution in [0.15, 0.2) is 54.6 Å². The summed E-state index contributed by atoms with van der Waals surface area (Å²) in [6.45, 7) is 13.0. The molecule has 0 fully saturated rings. The summed E-state index contributed by atoms with van der Waals surface area (Å²) in [4.78, 5) is 11.6. The van der Waals surface area contributed by atoms with Gasteiger partial charge >= 0.3 is 6.09 Å². The molecule has 0 saturated heterocycles. The zero-order valence-electron chi connectivity index (χ0n) is 19.5. The van der Waals surface area contributed by atoms with Gasteiger partial charge in [-0.1, -0.05) is 42.5 Å². The molecule has 2 N–H and O–H groups in total. The lowest BCUT2D eigenvalue weighted by molar-refractivity contribution is 0.0528. The highest BCUT2D eigenvalue weighted by atomic mass is 16.6. The van der Waals surface area contributed by atoms with Gasteiger partial charge in [-0.15, -0.1) is 0 Å². The van der Waals surface area contributed by atoms with Crippen LogP contribution in [0, 0.1) is 0 Å². The average molecular weight is 415 g/mol. The van der Waals surface area contributed by atoms with Crippen molar-refractivity contribution in [3.05, 3.63) is 65.7 Å². The molecule has 0 bridgehead atoms. The Morgan fingerprint density at radius 3 is 1.93 bits per heavy atom. The van der Waals surface area contributed by atoms with Gasteiger partial charge in [-0.2, -0.15) is 0 Å². The lowest BCUT2D eigenvalue weighted by atomic mass is 10.1. The van der Waals surface area contributed by atoms with Crippen LogP contribution in [-0.4, -0.2) is 30.8 Å². The summed E-state index contributed by atoms with van der Waals surface area (Å²) in [6.07, 6.45) is 0.364. The average Bonchev–Trinajstić information content (AvgIpc) is 2.67. The van der Waals surface area contributed by atoms with Gasteiger partial charge in [0.25, 0.3) is 0 Å². The highest BCUT2D eigenvalue weighted by Gasteiger charge is 2.15. The van der Waals surface area contributed by atoms with Crippen molar-refractivity contribution in [3.63, 3.8) is 0 Å². The normalized spacial score (nSPS) is 11.2. The standard InChI is InChI=1S/C20H25NO3.C5H13N/c1-20(2,3)24-19(22)21-14-13-16-9-11-18(12-10-16)23-15-17-7-5-4-6-8-17;1-5(2,3)6-4/h4-12H,13-15H2,1-3H3,(H,21,22);6H,1-4H3. The molecule has 2 aromatic rings. The summed E-state index contributed by atoms with van der Waals surface area (Å²) in [6, 6.07) is 18.0. The predicted molar refractivity (Wildman–Crippen MR) is 124 cm³/mol. The first-order valence-electron chi connectivity index (χ1n) is 10.4. The molecule has 0 saturated carbocycles. The number of nitrogens with one attached hydrogen (secondary N) is 2. The first-order valence-corrected chi connectivity index (χ1v) is 10.4. The Morgan fingerprint density at radius 1 is 0.867 bits per heavy atom. The number of ether oxygens (including phenoxy) is 2. The first-order chi connectivity index (χ1) is 14.0. The highest BCUT2D eigenvalue weighted by molar-refractivity contribution is 5.67. The summed E-state index contributed by atoms with van der Waals surface area (Å²) in [5, 5.41) is 5.86. The number of benzene rings is 2. The van der Waals surface area contributed by atoms with E-state index in [1.807, 2.05) is 82.4 Å². The van der Waals surface area contributed by atoms with Crippen molar-refractivity contribution in [2.24, 2.45) is 0 Å². The Balaban J connectivity index is 0.000000656. The zero-order valence-corrected chi connectivity index (χ0v) is 19.5. The van der Waals surface area contributed by atoms with Crippen LogP contribution in [0.5, 0.6) is 5.75 Å². The Bertz CT molecular complexity index is 730. The second-order valence-corrected chi connectivity index (χ2v) is 9.10. The molecule has 0 spiro atoms. The predicted octanol–water partition coefficient (Wildman–Crippen LogP) is 5.34. The molecule has 5 heteroatoms. The Hall–Kier alpha value is -2.53. The van der Waals surface area contributed by atoms with Crippen LogP contribution in [0.4, 0.5) is 4.79 Å². The molecule has 0 unspecified atom stereocenters. The minimum Gasteiger partial charge on any atom is -0.489 e. The van der Waals surface area contributed by atoms with E-state index in [2.05, 4.69) is 31.4 Å². The zero-order chi connectivity index (χ0) is 22.6. The Kier molecular flexibility index (Phi) is 10.4. The topological polar surface area (TPSA) is 59.6 Å². The van der Waals surface area contributed by atoms with Gasteiger partial charge in [-0.25, -0.2) is 4.79 Å². The van der Waals surface area contributed by atoms with E-state index in [-0.39, 0.29) is 6.09 Å². The summed E-state index contributed by atoms with van der Waals surface area (Å²) >= 11 is 0. The van der Waals surface area contributed by atoms with E-state index in [4.69, 9.17) is 9.47 Å². The summed E-state index contributed by atoms with van der Waals surface area (Å²) < 4.78 is 11.0. The highest BCUT2D eigenvalue weighted by Crippen LogP contribution is 2.14. The van der Waals surface area contributed by atoms with Gasteiger partial charge in [-0.3, -0.25) is 0 Å². The van der Waals surface area contributed by atoms with Crippen molar-refractivity contribution in [1.82, 2.24) is 10.6 Å². The molecule has 0 atom stereocenters. The third kappa shape index (κ3) is 12.8. The fraction of sp³-hybridized carbons (Fsp3) is 0.480. The van der Waals surface area contributed by atoms with E-state index in [1.165, 1.54) is 0 Å². The summed E-state index contributed by atoms with van der Waals surface area (Å²) in [7, 11) is 1.96. The molecule has 1 amide bonds. The molecule has 0 aliphatic heterocycles. The number of amides is 1. The second kappa shape index (κ2) is 12.2. The molecule has 0 aliphatic rings. The van der Waals surface area contributed by atoms with E-state index in [0.29, 0.717) is 18.7 Å². The summed E-state index contributed by atoms with van der Waals surface area (Å²) in [5.74, 6) is 0.836. The van der Waals surface area contributed by atoms with Crippen molar-refractivity contribution in [1.29, 1.82) is 0 Å². The van der Waals surface area contributed by atoms with Crippen LogP contribution in [0.1, 0.15) is 52.7 Å². The maximum atomic E-state index is 11.6. The molecule has 166 valence electrons. The molecule has 0 aliphatic carbocycles. The smallest absolute Gasteiger partial charge is 0.407 e. The SMILES string of the molecule is CC(C)(C)OC(=O)NCCc1ccc(OCc2ccccc2)cc1.CNC(C)(C)C. The maximum absolute atomic E-state index is 11.6. The van der Waals surface area contributed by atoms with Crippen LogP contribution in [-0.2, 0) is 17.8 Å². The third-order valence-corrected chi connectivity index (χ3v) is 4.00. The van der Waals surface area contributed by atoms with E-state index in [0.717, 1.165) is 23.3 Å². The number of alkyl carbamates (subject to hydrolysis) is 1. The van der Waals surface area contributed by atoms with Gasteiger partial charge in [0.15, 0.2) is 0 Å². The fourth-order valence-corrected chi connectivity index (χ4v) is 2.12. The van der Waals surface area contributed by atoms with E-state index in [9.17, 15) is 4.79 Å². The molecule has 0 heterocycles. The number of hydrogen-bond acceptors (Lipinski definition) is 4. The lowest BCUT2D eigenvalue weighted by Gasteiger charge is -2.19. The van der Waals surface area contributed by atoms with Crippen LogP contribution in [0.2, 0.25) is 0 Å². The van der Waals surface area contributed by atoms with Crippen LogP contribution < -0.4 is 15.4 Å². The van der Waals surface area contributed by atoms with Gasteiger partial charge < -0.3 is 20.1 Å². The van der Waals surface area contributed by atoms with E-state index < -0.39 is 5.60 Å². The Morgan fingerprint density at radius 2 is 1.43 bits per heavy atom. The first kappa shape index (κ1) is 25.5. The van der Waals surface area contributed by atoms with Gasteiger partial charge in [0.2, 0.25) is 0 Å². The van der Waals surface area contributed by atoms with Gasteiger partial charge in [0.05, 0.1) is 0 Å². The molecule has 2 rings (SSSR count). The van der Waals surface area contributed by atoms with Crippen LogP contribution in [0.25, 0.3) is 0 Å². The van der Waals surface area contributed by atoms with Crippen molar-refractivity contribution in [2.45, 2.75) is 65.7 Å². The monoisotopic (exact) mass is 414 g/mol. The van der Waals surface area contributed by atoms with Crippen molar-refractivity contribution in [3.8, 4) is 5.75 Å². The molecule has 0 aromatic heterocycles. The number of carbonyl (C=O) groups excluding carboxylic acids is 1. The van der Waals surface area contributed by atoms with E-state index in [1.54, 1.807) is 0 Å². The van der Waals surface area contributed by atoms with Gasteiger partial charge in [-0.05, 0) is 78.3 Å². The summed E-state index contributed by atoms with van der Waals surface area (Å²) in [5.41, 5.74) is 2.10. The van der Waals surface area contributed by atoms with Gasteiger partial charge in [0, 0.05) is 12.1 Å². The molecule has 2 aromatic carbocycles. The second-order valence-electron chi connectivity index (χ2n) is 9.10. The Labute approximate surface area is 182 Å². The largest absolute Gasteiger partial charge is 0.489 e. The van der Waals surface area contributed by atoms with Crippen LogP contribution in [0.3, 0.4) is 0 Å². The lowest BCUT2D eigenvalue weighted by Crippen LogP contribution is -2.33. The van der Waals surface area contributed by atoms with E-state index >= 15 is 0 Å². The van der Waals surface area contributed by atoms with Crippen molar-refractivity contribution >= 4 is 6.09 Å². The quantitative estimate of drug-likeness (QED) is 0.670.